The molecule has 2 aromatic heterocycles. The minimum absolute atomic E-state index is 0.456. The summed E-state index contributed by atoms with van der Waals surface area (Å²) in [7, 11) is 0. The van der Waals surface area contributed by atoms with Gasteiger partial charge in [0.2, 0.25) is 5.95 Å². The van der Waals surface area contributed by atoms with Crippen molar-refractivity contribution in [1.82, 2.24) is 14.5 Å². The maximum atomic E-state index is 6.22. The molecule has 5 rings (SSSR count). The molecular weight excluding hydrogens is 404 g/mol. The van der Waals surface area contributed by atoms with Gasteiger partial charge < -0.3 is 16.2 Å². The molecule has 5 N–H and O–H groups in total. The van der Waals surface area contributed by atoms with Gasteiger partial charge in [-0.1, -0.05) is 42.5 Å². The first-order valence-corrected chi connectivity index (χ1v) is 10.6. The summed E-state index contributed by atoms with van der Waals surface area (Å²) in [4.78, 5) is 9.77. The highest BCUT2D eigenvalue weighted by Crippen LogP contribution is 2.32. The first-order chi connectivity index (χ1) is 15.2. The maximum absolute atomic E-state index is 6.22. The van der Waals surface area contributed by atoms with Crippen LogP contribution < -0.4 is 16.2 Å². The molecule has 0 radical (unpaired) electrons. The minimum Gasteiger partial charge on any atom is -0.383 e. The van der Waals surface area contributed by atoms with Crippen molar-refractivity contribution >= 4 is 40.4 Å². The fourth-order valence-electron chi connectivity index (χ4n) is 3.44. The topological polar surface area (TPSA) is 94.8 Å². The number of nitrogen functional groups attached to an aromatic ring is 2. The van der Waals surface area contributed by atoms with Crippen LogP contribution in [0.25, 0.3) is 27.8 Å². The second-order valence-corrected chi connectivity index (χ2v) is 7.87. The second-order valence-electron chi connectivity index (χ2n) is 7.02. The largest absolute Gasteiger partial charge is 0.383 e. The number of hydrogen-bond acceptors (Lipinski definition) is 6. The molecule has 0 bridgehead atoms. The van der Waals surface area contributed by atoms with E-state index in [2.05, 4.69) is 20.8 Å². The van der Waals surface area contributed by atoms with E-state index in [1.807, 2.05) is 83.4 Å². The summed E-state index contributed by atoms with van der Waals surface area (Å²) in [5.74, 6) is 0.939. The first kappa shape index (κ1) is 19.0. The summed E-state index contributed by atoms with van der Waals surface area (Å²) < 4.78 is 5.26. The van der Waals surface area contributed by atoms with Crippen molar-refractivity contribution in [1.29, 1.82) is 0 Å². The third-order valence-corrected chi connectivity index (χ3v) is 5.85. The molecule has 0 saturated heterocycles. The van der Waals surface area contributed by atoms with Gasteiger partial charge in [-0.25, -0.2) is 9.97 Å². The molecule has 0 amide bonds. The zero-order chi connectivity index (χ0) is 21.2. The van der Waals surface area contributed by atoms with E-state index in [1.54, 1.807) is 6.20 Å². The van der Waals surface area contributed by atoms with Gasteiger partial charge in [0.15, 0.2) is 0 Å². The van der Waals surface area contributed by atoms with E-state index < -0.39 is 0 Å². The lowest BCUT2D eigenvalue weighted by Gasteiger charge is -2.10. The van der Waals surface area contributed by atoms with Crippen molar-refractivity contribution in [3.05, 3.63) is 91.1 Å². The summed E-state index contributed by atoms with van der Waals surface area (Å²) in [5, 5.41) is 0. The van der Waals surface area contributed by atoms with Gasteiger partial charge in [-0.05, 0) is 60.0 Å². The summed E-state index contributed by atoms with van der Waals surface area (Å²) in [6.07, 6.45) is 1.79. The SMILES string of the molecule is Nc1ncc(-c2ccc3nc(N)n(-c4ccccc4)c3c2)cc1SNc1ccccc1. The van der Waals surface area contributed by atoms with Crippen molar-refractivity contribution in [2.75, 3.05) is 16.2 Å². The molecular formula is C24H20N6S. The van der Waals surface area contributed by atoms with Gasteiger partial charge >= 0.3 is 0 Å². The highest BCUT2D eigenvalue weighted by molar-refractivity contribution is 8.00. The number of hydrogen-bond donors (Lipinski definition) is 3. The van der Waals surface area contributed by atoms with Crippen LogP contribution in [-0.2, 0) is 0 Å². The Kier molecular flexibility index (Phi) is 4.93. The number of para-hydroxylation sites is 2. The molecule has 0 unspecified atom stereocenters. The second kappa shape index (κ2) is 8.04. The Labute approximate surface area is 184 Å². The molecule has 0 aliphatic carbocycles. The van der Waals surface area contributed by atoms with Gasteiger partial charge in [0.1, 0.15) is 5.82 Å². The van der Waals surface area contributed by atoms with Crippen molar-refractivity contribution < 1.29 is 0 Å². The van der Waals surface area contributed by atoms with Gasteiger partial charge in [0.25, 0.3) is 0 Å². The maximum Gasteiger partial charge on any atom is 0.205 e. The van der Waals surface area contributed by atoms with Crippen LogP contribution >= 0.6 is 11.9 Å². The minimum atomic E-state index is 0.456. The van der Waals surface area contributed by atoms with Crippen LogP contribution in [-0.4, -0.2) is 14.5 Å². The van der Waals surface area contributed by atoms with Crippen LogP contribution in [0.2, 0.25) is 0 Å². The van der Waals surface area contributed by atoms with Crippen LogP contribution in [0.4, 0.5) is 17.5 Å². The number of fused-ring (bicyclic) bond motifs is 1. The lowest BCUT2D eigenvalue weighted by Crippen LogP contribution is -2.00. The lowest BCUT2D eigenvalue weighted by atomic mass is 10.1. The summed E-state index contributed by atoms with van der Waals surface area (Å²) in [6, 6.07) is 28.1. The fraction of sp³-hybridized carbons (Fsp3) is 0. The van der Waals surface area contributed by atoms with E-state index in [9.17, 15) is 0 Å². The average molecular weight is 425 g/mol. The van der Waals surface area contributed by atoms with Crippen LogP contribution in [0.15, 0.2) is 96.0 Å². The molecule has 0 saturated carbocycles. The number of rotatable bonds is 5. The quantitative estimate of drug-likeness (QED) is 0.328. The molecule has 0 aliphatic heterocycles. The van der Waals surface area contributed by atoms with Crippen LogP contribution in [0.3, 0.4) is 0 Å². The van der Waals surface area contributed by atoms with Gasteiger partial charge in [-0.15, -0.1) is 0 Å². The predicted octanol–water partition coefficient (Wildman–Crippen LogP) is 5.37. The Hall–Kier alpha value is -3.97. The standard InChI is InChI=1S/C24H20N6S/c25-23-22(31-29-18-7-3-1-4-8-18)14-17(15-27-23)16-11-12-20-21(13-16)30(24(26)28-20)19-9-5-2-6-10-19/h1-15,29H,(H2,25,27)(H2,26,28). The van der Waals surface area contributed by atoms with Crippen LogP contribution in [0.5, 0.6) is 0 Å². The highest BCUT2D eigenvalue weighted by atomic mass is 32.2. The van der Waals surface area contributed by atoms with Crippen molar-refractivity contribution in [3.63, 3.8) is 0 Å². The number of nitrogens with two attached hydrogens (primary N) is 2. The van der Waals surface area contributed by atoms with Gasteiger partial charge in [-0.2, -0.15) is 0 Å². The van der Waals surface area contributed by atoms with Gasteiger partial charge in [0.05, 0.1) is 15.9 Å². The zero-order valence-electron chi connectivity index (χ0n) is 16.6. The molecule has 7 heteroatoms. The fourth-order valence-corrected chi connectivity index (χ4v) is 4.14. The van der Waals surface area contributed by atoms with Gasteiger partial charge in [0, 0.05) is 23.1 Å². The first-order valence-electron chi connectivity index (χ1n) is 9.76. The van der Waals surface area contributed by atoms with E-state index in [4.69, 9.17) is 11.5 Å². The monoisotopic (exact) mass is 424 g/mol. The van der Waals surface area contributed by atoms with E-state index in [0.29, 0.717) is 11.8 Å². The Morgan fingerprint density at radius 1 is 0.806 bits per heavy atom. The Morgan fingerprint density at radius 3 is 2.32 bits per heavy atom. The van der Waals surface area contributed by atoms with E-state index in [-0.39, 0.29) is 0 Å². The third kappa shape index (κ3) is 3.78. The predicted molar refractivity (Wildman–Crippen MR) is 129 cm³/mol. The molecule has 2 heterocycles. The van der Waals surface area contributed by atoms with Crippen molar-refractivity contribution in [3.8, 4) is 16.8 Å². The van der Waals surface area contributed by atoms with Crippen LogP contribution in [0.1, 0.15) is 0 Å². The van der Waals surface area contributed by atoms with Crippen LogP contribution in [0, 0.1) is 0 Å². The molecule has 0 fully saturated rings. The summed E-state index contributed by atoms with van der Waals surface area (Å²) in [6.45, 7) is 0. The zero-order valence-corrected chi connectivity index (χ0v) is 17.4. The molecule has 0 spiro atoms. The molecule has 152 valence electrons. The molecule has 6 nitrogen and oxygen atoms in total. The normalized spacial score (nSPS) is 11.0. The number of imidazole rings is 1. The van der Waals surface area contributed by atoms with Gasteiger partial charge in [-0.3, -0.25) is 4.57 Å². The number of nitrogens with one attached hydrogen (secondary N) is 1. The molecule has 5 aromatic rings. The number of benzene rings is 3. The number of nitrogens with zero attached hydrogens (tertiary/aromatic N) is 3. The molecule has 0 atom stereocenters. The van der Waals surface area contributed by atoms with E-state index in [1.165, 1.54) is 11.9 Å². The molecule has 31 heavy (non-hydrogen) atoms. The number of pyridine rings is 1. The van der Waals surface area contributed by atoms with Crippen molar-refractivity contribution in [2.45, 2.75) is 4.90 Å². The molecule has 3 aromatic carbocycles. The Balaban J connectivity index is 1.52. The molecule has 0 aliphatic rings. The van der Waals surface area contributed by atoms with E-state index in [0.717, 1.165) is 38.4 Å². The third-order valence-electron chi connectivity index (χ3n) is 4.96. The Bertz CT molecular complexity index is 1350. The number of aromatic nitrogens is 3. The van der Waals surface area contributed by atoms with Crippen molar-refractivity contribution in [2.24, 2.45) is 0 Å². The number of anilines is 3. The smallest absolute Gasteiger partial charge is 0.205 e. The van der Waals surface area contributed by atoms with E-state index >= 15 is 0 Å². The summed E-state index contributed by atoms with van der Waals surface area (Å²) in [5.41, 5.74) is 18.1. The highest BCUT2D eigenvalue weighted by Gasteiger charge is 2.12. The Morgan fingerprint density at radius 2 is 1.55 bits per heavy atom. The summed E-state index contributed by atoms with van der Waals surface area (Å²) >= 11 is 1.44. The lowest BCUT2D eigenvalue weighted by molar-refractivity contribution is 1.11. The average Bonchev–Trinajstić information content (AvgIpc) is 3.14.